The lowest BCUT2D eigenvalue weighted by Crippen LogP contribution is -2.27. The van der Waals surface area contributed by atoms with Crippen LogP contribution in [0.2, 0.25) is 0 Å². The molecule has 0 atom stereocenters. The maximum absolute atomic E-state index is 11.7. The van der Waals surface area contributed by atoms with E-state index in [1.54, 1.807) is 19.1 Å². The molecule has 0 radical (unpaired) electrons. The van der Waals surface area contributed by atoms with Crippen molar-refractivity contribution in [2.75, 3.05) is 39.8 Å². The van der Waals surface area contributed by atoms with Crippen molar-refractivity contribution in [2.24, 2.45) is 0 Å². The van der Waals surface area contributed by atoms with Gasteiger partial charge in [0.2, 0.25) is 0 Å². The van der Waals surface area contributed by atoms with Gasteiger partial charge in [0, 0.05) is 18.0 Å². The third kappa shape index (κ3) is 3.66. The number of benzene rings is 1. The zero-order chi connectivity index (χ0) is 19.6. The second kappa shape index (κ2) is 7.79. The molecule has 0 aliphatic rings. The average molecular weight is 387 g/mol. The molecule has 27 heavy (non-hydrogen) atoms. The average Bonchev–Trinajstić information content (AvgIpc) is 3.10. The third-order valence-corrected chi connectivity index (χ3v) is 5.05. The van der Waals surface area contributed by atoms with E-state index in [-0.39, 0.29) is 12.5 Å². The van der Waals surface area contributed by atoms with Crippen LogP contribution in [0.3, 0.4) is 0 Å². The summed E-state index contributed by atoms with van der Waals surface area (Å²) in [4.78, 5) is 23.5. The number of hydrogen-bond acceptors (Lipinski definition) is 8. The Balaban J connectivity index is 2.16. The predicted molar refractivity (Wildman–Crippen MR) is 106 cm³/mol. The lowest BCUT2D eigenvalue weighted by molar-refractivity contribution is -0.138. The van der Waals surface area contributed by atoms with Gasteiger partial charge in [-0.1, -0.05) is 6.07 Å². The van der Waals surface area contributed by atoms with Crippen LogP contribution in [-0.4, -0.2) is 50.9 Å². The van der Waals surface area contributed by atoms with Gasteiger partial charge in [0.25, 0.3) is 0 Å². The molecule has 8 heteroatoms. The number of fused-ring (bicyclic) bond motifs is 1. The molecule has 0 aliphatic heterocycles. The molecular formula is C19H21N3O4S. The fourth-order valence-corrected chi connectivity index (χ4v) is 3.84. The number of esters is 1. The standard InChI is InChI=1S/C19H21N3O4S/c1-11-20-18(22(2)9-16(23)26-5)17-13(10-27-19(17)21-11)12-6-7-14(24-3)15(8-12)25-4/h6-8,10H,9H2,1-5H3. The Labute approximate surface area is 161 Å². The number of carbonyl (C=O) groups is 1. The van der Waals surface area contributed by atoms with Gasteiger partial charge in [-0.2, -0.15) is 0 Å². The summed E-state index contributed by atoms with van der Waals surface area (Å²) in [5, 5.41) is 2.93. The van der Waals surface area contributed by atoms with Gasteiger partial charge in [-0.25, -0.2) is 9.97 Å². The fourth-order valence-electron chi connectivity index (χ4n) is 2.85. The summed E-state index contributed by atoms with van der Waals surface area (Å²) in [6.45, 7) is 1.94. The van der Waals surface area contributed by atoms with Crippen LogP contribution in [0.5, 0.6) is 11.5 Å². The van der Waals surface area contributed by atoms with Crippen molar-refractivity contribution in [3.63, 3.8) is 0 Å². The highest BCUT2D eigenvalue weighted by Gasteiger charge is 2.19. The van der Waals surface area contributed by atoms with Gasteiger partial charge in [0.05, 0.1) is 26.7 Å². The van der Waals surface area contributed by atoms with Crippen LogP contribution in [0.4, 0.5) is 5.82 Å². The molecule has 0 saturated heterocycles. The van der Waals surface area contributed by atoms with Gasteiger partial charge < -0.3 is 19.1 Å². The monoisotopic (exact) mass is 387 g/mol. The molecule has 0 fully saturated rings. The fraction of sp³-hybridized carbons (Fsp3) is 0.316. The predicted octanol–water partition coefficient (Wildman–Crippen LogP) is 3.29. The molecule has 0 saturated carbocycles. The molecule has 3 aromatic rings. The Morgan fingerprint density at radius 1 is 1.15 bits per heavy atom. The molecule has 1 aromatic carbocycles. The van der Waals surface area contributed by atoms with Crippen LogP contribution in [0.1, 0.15) is 5.82 Å². The van der Waals surface area contributed by atoms with E-state index >= 15 is 0 Å². The minimum Gasteiger partial charge on any atom is -0.493 e. The summed E-state index contributed by atoms with van der Waals surface area (Å²) in [5.74, 6) is 2.32. The van der Waals surface area contributed by atoms with Gasteiger partial charge in [0.15, 0.2) is 11.5 Å². The molecule has 7 nitrogen and oxygen atoms in total. The molecule has 0 aliphatic carbocycles. The Bertz CT molecular complexity index is 986. The number of carbonyl (C=O) groups excluding carboxylic acids is 1. The zero-order valence-electron chi connectivity index (χ0n) is 15.9. The Kier molecular flexibility index (Phi) is 5.46. The van der Waals surface area contributed by atoms with Crippen molar-refractivity contribution in [3.8, 4) is 22.6 Å². The first-order valence-electron chi connectivity index (χ1n) is 8.24. The minimum absolute atomic E-state index is 0.100. The van der Waals surface area contributed by atoms with E-state index in [4.69, 9.17) is 14.2 Å². The summed E-state index contributed by atoms with van der Waals surface area (Å²) in [6, 6.07) is 5.75. The molecular weight excluding hydrogens is 366 g/mol. The van der Waals surface area contributed by atoms with Gasteiger partial charge in [-0.3, -0.25) is 4.79 Å². The van der Waals surface area contributed by atoms with Crippen molar-refractivity contribution < 1.29 is 19.0 Å². The lowest BCUT2D eigenvalue weighted by Gasteiger charge is -2.19. The molecule has 3 rings (SSSR count). The maximum atomic E-state index is 11.7. The molecule has 0 amide bonds. The molecule has 142 valence electrons. The van der Waals surface area contributed by atoms with Gasteiger partial charge in [-0.05, 0) is 24.6 Å². The molecule has 2 heterocycles. The van der Waals surface area contributed by atoms with Crippen LogP contribution in [0.15, 0.2) is 23.6 Å². The first-order chi connectivity index (χ1) is 13.0. The zero-order valence-corrected chi connectivity index (χ0v) is 16.7. The highest BCUT2D eigenvalue weighted by molar-refractivity contribution is 7.17. The summed E-state index contributed by atoms with van der Waals surface area (Å²) in [6.07, 6.45) is 0. The molecule has 0 bridgehead atoms. The van der Waals surface area contributed by atoms with Crippen LogP contribution in [0, 0.1) is 6.92 Å². The van der Waals surface area contributed by atoms with Crippen molar-refractivity contribution in [2.45, 2.75) is 6.92 Å². The van der Waals surface area contributed by atoms with E-state index in [0.29, 0.717) is 23.1 Å². The molecule has 0 spiro atoms. The smallest absolute Gasteiger partial charge is 0.325 e. The number of ether oxygens (including phenoxy) is 3. The molecule has 0 unspecified atom stereocenters. The van der Waals surface area contributed by atoms with E-state index in [1.807, 2.05) is 37.6 Å². The second-order valence-corrected chi connectivity index (χ2v) is 6.78. The maximum Gasteiger partial charge on any atom is 0.325 e. The van der Waals surface area contributed by atoms with E-state index < -0.39 is 0 Å². The Morgan fingerprint density at radius 2 is 1.89 bits per heavy atom. The van der Waals surface area contributed by atoms with Gasteiger partial charge in [-0.15, -0.1) is 11.3 Å². The first kappa shape index (κ1) is 18.9. The van der Waals surface area contributed by atoms with Crippen LogP contribution in [0.25, 0.3) is 21.3 Å². The molecule has 2 aromatic heterocycles. The number of likely N-dealkylation sites (N-methyl/N-ethyl adjacent to an activating group) is 1. The van der Waals surface area contributed by atoms with Crippen molar-refractivity contribution in [3.05, 3.63) is 29.4 Å². The Hall–Kier alpha value is -2.87. The van der Waals surface area contributed by atoms with Crippen LogP contribution < -0.4 is 14.4 Å². The van der Waals surface area contributed by atoms with E-state index in [1.165, 1.54) is 18.4 Å². The normalized spacial score (nSPS) is 10.7. The number of hydrogen-bond donors (Lipinski definition) is 0. The van der Waals surface area contributed by atoms with Gasteiger partial charge >= 0.3 is 5.97 Å². The highest BCUT2D eigenvalue weighted by Crippen LogP contribution is 2.40. The van der Waals surface area contributed by atoms with Crippen LogP contribution >= 0.6 is 11.3 Å². The SMILES string of the molecule is COC(=O)CN(C)c1nc(C)nc2scc(-c3ccc(OC)c(OC)c3)c12. The summed E-state index contributed by atoms with van der Waals surface area (Å²) >= 11 is 1.54. The van der Waals surface area contributed by atoms with Crippen molar-refractivity contribution in [1.82, 2.24) is 9.97 Å². The summed E-state index contributed by atoms with van der Waals surface area (Å²) in [5.41, 5.74) is 1.93. The number of anilines is 1. The number of methoxy groups -OCH3 is 3. The summed E-state index contributed by atoms with van der Waals surface area (Å²) < 4.78 is 15.5. The highest BCUT2D eigenvalue weighted by atomic mass is 32.1. The number of thiophene rings is 1. The van der Waals surface area contributed by atoms with Gasteiger partial charge in [0.1, 0.15) is 23.0 Å². The number of aryl methyl sites for hydroxylation is 1. The Morgan fingerprint density at radius 3 is 2.56 bits per heavy atom. The number of rotatable bonds is 6. The quantitative estimate of drug-likeness (QED) is 0.601. The topological polar surface area (TPSA) is 73.8 Å². The third-order valence-electron chi connectivity index (χ3n) is 4.18. The number of nitrogens with zero attached hydrogens (tertiary/aromatic N) is 3. The van der Waals surface area contributed by atoms with Crippen molar-refractivity contribution >= 4 is 33.3 Å². The largest absolute Gasteiger partial charge is 0.493 e. The lowest BCUT2D eigenvalue weighted by atomic mass is 10.0. The second-order valence-electron chi connectivity index (χ2n) is 5.93. The van der Waals surface area contributed by atoms with E-state index in [2.05, 4.69) is 9.97 Å². The van der Waals surface area contributed by atoms with E-state index in [9.17, 15) is 4.79 Å². The van der Waals surface area contributed by atoms with Crippen molar-refractivity contribution in [1.29, 1.82) is 0 Å². The van der Waals surface area contributed by atoms with Crippen LogP contribution in [-0.2, 0) is 9.53 Å². The first-order valence-corrected chi connectivity index (χ1v) is 9.12. The van der Waals surface area contributed by atoms with E-state index in [0.717, 1.165) is 21.3 Å². The number of aromatic nitrogens is 2. The molecule has 0 N–H and O–H groups in total. The summed E-state index contributed by atoms with van der Waals surface area (Å²) in [7, 11) is 6.40. The minimum atomic E-state index is -0.329.